The second-order valence-electron chi connectivity index (χ2n) is 5.29. The number of hydrogen-bond donors (Lipinski definition) is 6. The number of nitrogens with one attached hydrogen (secondary N) is 1. The van der Waals surface area contributed by atoms with E-state index in [0.29, 0.717) is 25.8 Å². The van der Waals surface area contributed by atoms with Crippen LogP contribution in [-0.4, -0.2) is 69.6 Å². The number of rotatable bonds is 7. The lowest BCUT2D eigenvalue weighted by atomic mass is 9.95. The molecule has 0 saturated carbocycles. The number of unbranched alkanes of at least 4 members (excludes halogenated alkanes) is 1. The molecule has 0 spiro atoms. The van der Waals surface area contributed by atoms with Crippen LogP contribution in [-0.2, 0) is 9.53 Å². The monoisotopic (exact) mass is 292 g/mol. The van der Waals surface area contributed by atoms with Crippen molar-refractivity contribution in [3.05, 3.63) is 0 Å². The summed E-state index contributed by atoms with van der Waals surface area (Å²) in [4.78, 5) is 10.5. The minimum absolute atomic E-state index is 0.0639. The Balaban J connectivity index is 2.29. The summed E-state index contributed by atoms with van der Waals surface area (Å²) >= 11 is 0. The Morgan fingerprint density at radius 1 is 1.45 bits per heavy atom. The van der Waals surface area contributed by atoms with Gasteiger partial charge in [0, 0.05) is 0 Å². The average molecular weight is 292 g/mol. The zero-order chi connectivity index (χ0) is 15.3. The van der Waals surface area contributed by atoms with Gasteiger partial charge in [0.1, 0.15) is 30.1 Å². The molecule has 8 nitrogen and oxygen atoms in total. The fourth-order valence-electron chi connectivity index (χ4n) is 2.08. The van der Waals surface area contributed by atoms with Crippen LogP contribution in [0.5, 0.6) is 0 Å². The maximum atomic E-state index is 10.5. The van der Waals surface area contributed by atoms with E-state index in [2.05, 4.69) is 5.32 Å². The van der Waals surface area contributed by atoms with Crippen LogP contribution in [0.25, 0.3) is 0 Å². The van der Waals surface area contributed by atoms with E-state index in [0.717, 1.165) is 0 Å². The molecule has 1 saturated heterocycles. The Kier molecular flexibility index (Phi) is 6.31. The lowest BCUT2D eigenvalue weighted by molar-refractivity contribution is -0.240. The largest absolute Gasteiger partial charge is 0.480 e. The van der Waals surface area contributed by atoms with Gasteiger partial charge in [-0.05, 0) is 26.3 Å². The molecular formula is C12H24N2O6. The lowest BCUT2D eigenvalue weighted by Gasteiger charge is -2.43. The van der Waals surface area contributed by atoms with Crippen LogP contribution in [0, 0.1) is 0 Å². The number of carboxylic acid groups (broad SMARTS) is 1. The van der Waals surface area contributed by atoms with Crippen molar-refractivity contribution in [2.75, 3.05) is 13.2 Å². The van der Waals surface area contributed by atoms with Gasteiger partial charge in [-0.3, -0.25) is 10.1 Å². The first kappa shape index (κ1) is 17.3. The molecule has 0 amide bonds. The molecular weight excluding hydrogens is 268 g/mol. The SMILES string of the molecule is C[C@@]1(NCCCC[C@H](N)C(=O)O)OC[C@@H](O)[C@@H](O)[C@@H]1O. The third kappa shape index (κ3) is 4.37. The molecule has 1 heterocycles. The summed E-state index contributed by atoms with van der Waals surface area (Å²) in [6.07, 6.45) is -1.95. The van der Waals surface area contributed by atoms with E-state index in [9.17, 15) is 20.1 Å². The summed E-state index contributed by atoms with van der Waals surface area (Å²) in [6, 6.07) is -0.862. The maximum Gasteiger partial charge on any atom is 0.320 e. The molecule has 0 aliphatic carbocycles. The van der Waals surface area contributed by atoms with Crippen LogP contribution in [0.1, 0.15) is 26.2 Å². The van der Waals surface area contributed by atoms with E-state index >= 15 is 0 Å². The summed E-state index contributed by atoms with van der Waals surface area (Å²) < 4.78 is 5.34. The predicted molar refractivity (Wildman–Crippen MR) is 69.8 cm³/mol. The van der Waals surface area contributed by atoms with Crippen molar-refractivity contribution < 1.29 is 30.0 Å². The van der Waals surface area contributed by atoms with E-state index in [1.165, 1.54) is 0 Å². The van der Waals surface area contributed by atoms with Gasteiger partial charge in [0.25, 0.3) is 0 Å². The minimum atomic E-state index is -1.26. The van der Waals surface area contributed by atoms with E-state index in [4.69, 9.17) is 15.6 Å². The van der Waals surface area contributed by atoms with Crippen molar-refractivity contribution >= 4 is 5.97 Å². The van der Waals surface area contributed by atoms with Gasteiger partial charge in [0.15, 0.2) is 0 Å². The first-order valence-corrected chi connectivity index (χ1v) is 6.69. The van der Waals surface area contributed by atoms with Crippen molar-refractivity contribution in [1.29, 1.82) is 0 Å². The molecule has 0 unspecified atom stereocenters. The van der Waals surface area contributed by atoms with Crippen LogP contribution in [0.2, 0.25) is 0 Å². The van der Waals surface area contributed by atoms with E-state index < -0.39 is 36.0 Å². The molecule has 7 N–H and O–H groups in total. The van der Waals surface area contributed by atoms with Crippen LogP contribution in [0.4, 0.5) is 0 Å². The highest BCUT2D eigenvalue weighted by Gasteiger charge is 2.45. The number of nitrogens with two attached hydrogens (primary N) is 1. The number of aliphatic hydroxyl groups excluding tert-OH is 3. The molecule has 1 rings (SSSR count). The normalized spacial score (nSPS) is 35.8. The Labute approximate surface area is 117 Å². The van der Waals surface area contributed by atoms with E-state index in [-0.39, 0.29) is 6.61 Å². The van der Waals surface area contributed by atoms with Gasteiger partial charge in [-0.1, -0.05) is 6.42 Å². The number of carbonyl (C=O) groups is 1. The molecule has 0 aromatic carbocycles. The molecule has 8 heteroatoms. The second kappa shape index (κ2) is 7.30. The fraction of sp³-hybridized carbons (Fsp3) is 0.917. The Morgan fingerprint density at radius 2 is 2.10 bits per heavy atom. The van der Waals surface area contributed by atoms with Crippen molar-refractivity contribution in [2.24, 2.45) is 5.73 Å². The van der Waals surface area contributed by atoms with Crippen LogP contribution in [0.3, 0.4) is 0 Å². The topological polar surface area (TPSA) is 145 Å². The third-order valence-electron chi connectivity index (χ3n) is 3.57. The Bertz CT molecular complexity index is 329. The summed E-state index contributed by atoms with van der Waals surface area (Å²) in [5, 5.41) is 40.5. The molecule has 20 heavy (non-hydrogen) atoms. The zero-order valence-electron chi connectivity index (χ0n) is 11.5. The van der Waals surface area contributed by atoms with Gasteiger partial charge < -0.3 is 30.9 Å². The van der Waals surface area contributed by atoms with Crippen molar-refractivity contribution in [1.82, 2.24) is 5.32 Å². The van der Waals surface area contributed by atoms with Gasteiger partial charge >= 0.3 is 5.97 Å². The summed E-state index contributed by atoms with van der Waals surface area (Å²) in [5.74, 6) is -1.02. The summed E-state index contributed by atoms with van der Waals surface area (Å²) in [6.45, 7) is 2.00. The van der Waals surface area contributed by atoms with Crippen LogP contribution < -0.4 is 11.1 Å². The van der Waals surface area contributed by atoms with Crippen molar-refractivity contribution in [3.63, 3.8) is 0 Å². The highest BCUT2D eigenvalue weighted by molar-refractivity contribution is 5.72. The molecule has 118 valence electrons. The molecule has 0 bridgehead atoms. The minimum Gasteiger partial charge on any atom is -0.480 e. The number of ether oxygens (including phenoxy) is 1. The van der Waals surface area contributed by atoms with Gasteiger partial charge in [0.2, 0.25) is 0 Å². The van der Waals surface area contributed by atoms with E-state index in [1.54, 1.807) is 6.92 Å². The van der Waals surface area contributed by atoms with Crippen molar-refractivity contribution in [3.8, 4) is 0 Å². The van der Waals surface area contributed by atoms with Gasteiger partial charge in [-0.2, -0.15) is 0 Å². The highest BCUT2D eigenvalue weighted by Crippen LogP contribution is 2.23. The van der Waals surface area contributed by atoms with Crippen LogP contribution in [0.15, 0.2) is 0 Å². The standard InChI is InChI=1S/C12H24N2O6/c1-12(10(17)9(16)8(15)6-20-12)14-5-3-2-4-7(13)11(18)19/h7-10,14-17H,2-6,13H2,1H3,(H,18,19)/t7-,8+,9+,10-,12+/m0/s1. The molecule has 1 aliphatic rings. The zero-order valence-corrected chi connectivity index (χ0v) is 11.5. The summed E-state index contributed by atoms with van der Waals surface area (Å²) in [7, 11) is 0. The first-order valence-electron chi connectivity index (χ1n) is 6.69. The van der Waals surface area contributed by atoms with Gasteiger partial charge in [-0.25, -0.2) is 0 Å². The molecule has 0 aromatic heterocycles. The molecule has 0 aromatic rings. The molecule has 5 atom stereocenters. The lowest BCUT2D eigenvalue weighted by Crippen LogP contribution is -2.65. The number of hydrogen-bond acceptors (Lipinski definition) is 7. The Morgan fingerprint density at radius 3 is 2.70 bits per heavy atom. The van der Waals surface area contributed by atoms with E-state index in [1.807, 2.05) is 0 Å². The highest BCUT2D eigenvalue weighted by atomic mass is 16.5. The van der Waals surface area contributed by atoms with Crippen LogP contribution >= 0.6 is 0 Å². The molecule has 0 radical (unpaired) electrons. The Hall–Kier alpha value is -0.770. The maximum absolute atomic E-state index is 10.5. The quantitative estimate of drug-likeness (QED) is 0.295. The molecule has 1 fully saturated rings. The van der Waals surface area contributed by atoms with Crippen molar-refractivity contribution in [2.45, 2.75) is 56.3 Å². The fourth-order valence-corrected chi connectivity index (χ4v) is 2.08. The number of aliphatic carboxylic acids is 1. The predicted octanol–water partition coefficient (Wildman–Crippen LogP) is -2.01. The summed E-state index contributed by atoms with van der Waals surface area (Å²) in [5.41, 5.74) is 4.25. The second-order valence-corrected chi connectivity index (χ2v) is 5.29. The van der Waals surface area contributed by atoms with Gasteiger partial charge in [0.05, 0.1) is 6.61 Å². The molecule has 1 aliphatic heterocycles. The smallest absolute Gasteiger partial charge is 0.320 e. The van der Waals surface area contributed by atoms with Gasteiger partial charge in [-0.15, -0.1) is 0 Å². The number of aliphatic hydroxyl groups is 3. The first-order chi connectivity index (χ1) is 9.28. The number of carboxylic acids is 1. The average Bonchev–Trinajstić information content (AvgIpc) is 2.40. The third-order valence-corrected chi connectivity index (χ3v) is 3.57.